The fourth-order valence-electron chi connectivity index (χ4n) is 2.03. The number of ether oxygens (including phenoxy) is 2. The van der Waals surface area contributed by atoms with Gasteiger partial charge in [-0.3, -0.25) is 0 Å². The molecule has 2 aromatic carbocycles. The lowest BCUT2D eigenvalue weighted by molar-refractivity contribution is 0.174. The van der Waals surface area contributed by atoms with E-state index < -0.39 is 0 Å². The Morgan fingerprint density at radius 1 is 1.24 bits per heavy atom. The van der Waals surface area contributed by atoms with Gasteiger partial charge < -0.3 is 19.9 Å². The quantitative estimate of drug-likeness (QED) is 0.891. The van der Waals surface area contributed by atoms with Crippen LogP contribution in [0.4, 0.5) is 5.69 Å². The molecular weight excluding hydrogens is 336 g/mol. The van der Waals surface area contributed by atoms with Gasteiger partial charge in [0.1, 0.15) is 5.75 Å². The first-order chi connectivity index (χ1) is 10.2. The number of benzene rings is 2. The van der Waals surface area contributed by atoms with Crippen molar-refractivity contribution in [2.45, 2.75) is 6.54 Å². The van der Waals surface area contributed by atoms with Gasteiger partial charge in [-0.1, -0.05) is 0 Å². The van der Waals surface area contributed by atoms with Crippen molar-refractivity contribution in [3.05, 3.63) is 45.9 Å². The molecule has 21 heavy (non-hydrogen) atoms. The second-order valence-corrected chi connectivity index (χ2v) is 5.35. The van der Waals surface area contributed by atoms with Crippen molar-refractivity contribution in [2.75, 3.05) is 12.1 Å². The summed E-state index contributed by atoms with van der Waals surface area (Å²) in [6.45, 7) is 0.597. The summed E-state index contributed by atoms with van der Waals surface area (Å²) in [5, 5.41) is 22.0. The standard InChI is InChI=1S/C15H11BrN2O3/c16-11-3-9(6-17)1-2-12(11)18-7-10-4-14-15(5-13(10)19)21-8-20-14/h1-5,18-19H,7-8H2. The molecule has 0 aromatic heterocycles. The van der Waals surface area contributed by atoms with Crippen LogP contribution >= 0.6 is 15.9 Å². The van der Waals surface area contributed by atoms with Crippen molar-refractivity contribution in [3.8, 4) is 23.3 Å². The molecule has 5 nitrogen and oxygen atoms in total. The van der Waals surface area contributed by atoms with Gasteiger partial charge in [-0.15, -0.1) is 0 Å². The number of halogens is 1. The molecule has 0 unspecified atom stereocenters. The first-order valence-corrected chi connectivity index (χ1v) is 7.01. The fourth-order valence-corrected chi connectivity index (χ4v) is 2.55. The third-order valence-corrected chi connectivity index (χ3v) is 3.80. The molecule has 0 radical (unpaired) electrons. The van der Waals surface area contributed by atoms with Crippen molar-refractivity contribution in [1.29, 1.82) is 5.26 Å². The van der Waals surface area contributed by atoms with Crippen LogP contribution in [0.5, 0.6) is 17.2 Å². The Labute approximate surface area is 129 Å². The van der Waals surface area contributed by atoms with Gasteiger partial charge in [-0.05, 0) is 40.2 Å². The van der Waals surface area contributed by atoms with Crippen LogP contribution in [0.15, 0.2) is 34.8 Å². The molecule has 0 aliphatic carbocycles. The average molecular weight is 347 g/mol. The third-order valence-electron chi connectivity index (χ3n) is 3.14. The predicted octanol–water partition coefficient (Wildman–Crippen LogP) is 3.37. The van der Waals surface area contributed by atoms with Crippen molar-refractivity contribution >= 4 is 21.6 Å². The highest BCUT2D eigenvalue weighted by atomic mass is 79.9. The molecule has 106 valence electrons. The SMILES string of the molecule is N#Cc1ccc(NCc2cc3c(cc2O)OCO3)c(Br)c1. The normalized spacial score (nSPS) is 12.0. The van der Waals surface area contributed by atoms with Crippen LogP contribution in [0.25, 0.3) is 0 Å². The molecule has 1 aliphatic heterocycles. The van der Waals surface area contributed by atoms with E-state index in [-0.39, 0.29) is 12.5 Å². The number of hydrogen-bond acceptors (Lipinski definition) is 5. The topological polar surface area (TPSA) is 74.5 Å². The Morgan fingerprint density at radius 3 is 2.71 bits per heavy atom. The van der Waals surface area contributed by atoms with E-state index in [4.69, 9.17) is 14.7 Å². The van der Waals surface area contributed by atoms with Crippen LogP contribution in [0.2, 0.25) is 0 Å². The Kier molecular flexibility index (Phi) is 3.59. The molecule has 0 atom stereocenters. The van der Waals surface area contributed by atoms with E-state index in [0.717, 1.165) is 10.2 Å². The van der Waals surface area contributed by atoms with Gasteiger partial charge in [0.25, 0.3) is 0 Å². The van der Waals surface area contributed by atoms with Crippen molar-refractivity contribution in [2.24, 2.45) is 0 Å². The Bertz CT molecular complexity index is 740. The van der Waals surface area contributed by atoms with E-state index in [1.807, 2.05) is 6.07 Å². The molecule has 0 bridgehead atoms. The first kappa shape index (κ1) is 13.6. The minimum atomic E-state index is 0.150. The molecule has 2 N–H and O–H groups in total. The monoisotopic (exact) mass is 346 g/mol. The molecule has 2 aromatic rings. The second kappa shape index (κ2) is 5.54. The molecule has 3 rings (SSSR count). The highest BCUT2D eigenvalue weighted by molar-refractivity contribution is 9.10. The summed E-state index contributed by atoms with van der Waals surface area (Å²) in [5.41, 5.74) is 2.12. The Balaban J connectivity index is 1.78. The Morgan fingerprint density at radius 2 is 2.00 bits per heavy atom. The number of anilines is 1. The molecule has 1 aliphatic rings. The van der Waals surface area contributed by atoms with Gasteiger partial charge in [0.15, 0.2) is 11.5 Å². The van der Waals surface area contributed by atoms with E-state index in [1.165, 1.54) is 0 Å². The Hall–Kier alpha value is -2.39. The number of nitrogens with one attached hydrogen (secondary N) is 1. The molecule has 0 spiro atoms. The van der Waals surface area contributed by atoms with Gasteiger partial charge in [-0.2, -0.15) is 5.26 Å². The minimum absolute atomic E-state index is 0.150. The number of hydrogen-bond donors (Lipinski definition) is 2. The number of phenols is 1. The van der Waals surface area contributed by atoms with E-state index in [2.05, 4.69) is 27.3 Å². The maximum Gasteiger partial charge on any atom is 0.231 e. The summed E-state index contributed by atoms with van der Waals surface area (Å²) in [5.74, 6) is 1.33. The highest BCUT2D eigenvalue weighted by Gasteiger charge is 2.17. The van der Waals surface area contributed by atoms with E-state index in [9.17, 15) is 5.11 Å². The fraction of sp³-hybridized carbons (Fsp3) is 0.133. The molecule has 0 amide bonds. The van der Waals surface area contributed by atoms with Gasteiger partial charge >= 0.3 is 0 Å². The number of nitrogens with zero attached hydrogens (tertiary/aromatic N) is 1. The zero-order valence-electron chi connectivity index (χ0n) is 10.9. The number of nitriles is 1. The summed E-state index contributed by atoms with van der Waals surface area (Å²) in [6, 6.07) is 10.7. The lowest BCUT2D eigenvalue weighted by atomic mass is 10.1. The van der Waals surface area contributed by atoms with E-state index >= 15 is 0 Å². The smallest absolute Gasteiger partial charge is 0.231 e. The molecule has 1 heterocycles. The second-order valence-electron chi connectivity index (χ2n) is 4.49. The molecule has 0 fully saturated rings. The van der Waals surface area contributed by atoms with Gasteiger partial charge in [0, 0.05) is 28.3 Å². The zero-order chi connectivity index (χ0) is 14.8. The van der Waals surface area contributed by atoms with Crippen LogP contribution < -0.4 is 14.8 Å². The maximum atomic E-state index is 9.97. The number of fused-ring (bicyclic) bond motifs is 1. The number of phenolic OH excluding ortho intramolecular Hbond substituents is 1. The molecule has 6 heteroatoms. The van der Waals surface area contributed by atoms with E-state index in [0.29, 0.717) is 29.2 Å². The van der Waals surface area contributed by atoms with Crippen LogP contribution in [0, 0.1) is 11.3 Å². The van der Waals surface area contributed by atoms with Gasteiger partial charge in [-0.25, -0.2) is 0 Å². The van der Waals surface area contributed by atoms with Crippen molar-refractivity contribution in [3.63, 3.8) is 0 Å². The maximum absolute atomic E-state index is 9.97. The van der Waals surface area contributed by atoms with Gasteiger partial charge in [0.2, 0.25) is 6.79 Å². The van der Waals surface area contributed by atoms with Crippen LogP contribution in [0.3, 0.4) is 0 Å². The molecule has 0 saturated heterocycles. The van der Waals surface area contributed by atoms with Crippen LogP contribution in [0.1, 0.15) is 11.1 Å². The number of aromatic hydroxyl groups is 1. The summed E-state index contributed by atoms with van der Waals surface area (Å²) in [6.07, 6.45) is 0. The largest absolute Gasteiger partial charge is 0.507 e. The minimum Gasteiger partial charge on any atom is -0.507 e. The van der Waals surface area contributed by atoms with Crippen molar-refractivity contribution < 1.29 is 14.6 Å². The van der Waals surface area contributed by atoms with Crippen molar-refractivity contribution in [1.82, 2.24) is 0 Å². The predicted molar refractivity (Wildman–Crippen MR) is 80.4 cm³/mol. The highest BCUT2D eigenvalue weighted by Crippen LogP contribution is 2.38. The summed E-state index contributed by atoms with van der Waals surface area (Å²) < 4.78 is 11.3. The lowest BCUT2D eigenvalue weighted by Crippen LogP contribution is -2.00. The zero-order valence-corrected chi connectivity index (χ0v) is 12.5. The number of rotatable bonds is 3. The average Bonchev–Trinajstić information content (AvgIpc) is 2.92. The molecule has 0 saturated carbocycles. The van der Waals surface area contributed by atoms with Crippen LogP contribution in [-0.4, -0.2) is 11.9 Å². The van der Waals surface area contributed by atoms with Crippen LogP contribution in [-0.2, 0) is 6.54 Å². The summed E-state index contributed by atoms with van der Waals surface area (Å²) in [4.78, 5) is 0. The van der Waals surface area contributed by atoms with E-state index in [1.54, 1.807) is 24.3 Å². The first-order valence-electron chi connectivity index (χ1n) is 6.22. The van der Waals surface area contributed by atoms with Gasteiger partial charge in [0.05, 0.1) is 11.6 Å². The third kappa shape index (κ3) is 2.73. The lowest BCUT2D eigenvalue weighted by Gasteiger charge is -2.11. The summed E-state index contributed by atoms with van der Waals surface area (Å²) >= 11 is 3.41. The summed E-state index contributed by atoms with van der Waals surface area (Å²) in [7, 11) is 0. The molecular formula is C15H11BrN2O3.